The first-order valence-corrected chi connectivity index (χ1v) is 11.7. The molecule has 0 spiro atoms. The topological polar surface area (TPSA) is 77.8 Å². The molecule has 7 heteroatoms. The minimum absolute atomic E-state index is 0.297. The number of benzene rings is 1. The molecule has 0 saturated heterocycles. The lowest BCUT2D eigenvalue weighted by atomic mass is 9.85. The molecule has 2 aromatic heterocycles. The van der Waals surface area contributed by atoms with Gasteiger partial charge in [-0.15, -0.1) is 11.3 Å². The molecule has 1 unspecified atom stereocenters. The van der Waals surface area contributed by atoms with Crippen molar-refractivity contribution >= 4 is 45.3 Å². The van der Waals surface area contributed by atoms with E-state index in [9.17, 15) is 9.59 Å². The van der Waals surface area contributed by atoms with E-state index in [2.05, 4.69) is 12.2 Å². The van der Waals surface area contributed by atoms with E-state index in [1.165, 1.54) is 22.3 Å². The largest absolute Gasteiger partial charge is 0.497 e. The Balaban J connectivity index is 1.54. The van der Waals surface area contributed by atoms with Crippen LogP contribution in [0.25, 0.3) is 17.0 Å². The number of rotatable bonds is 7. The number of amides is 1. The first kappa shape index (κ1) is 22.1. The summed E-state index contributed by atoms with van der Waals surface area (Å²) >= 11 is 1.49. The molecule has 0 saturated carbocycles. The second-order valence-electron chi connectivity index (χ2n) is 7.82. The molecular weight excluding hydrogens is 426 g/mol. The van der Waals surface area contributed by atoms with E-state index < -0.39 is 0 Å². The first-order chi connectivity index (χ1) is 15.5. The lowest BCUT2D eigenvalue weighted by Gasteiger charge is -2.20. The molecule has 2 heterocycles. The average Bonchev–Trinajstić information content (AvgIpc) is 3.36. The van der Waals surface area contributed by atoms with Crippen LogP contribution in [0.2, 0.25) is 0 Å². The molecule has 0 fully saturated rings. The molecule has 168 valence electrons. The van der Waals surface area contributed by atoms with Gasteiger partial charge in [0, 0.05) is 16.3 Å². The SMILES string of the molecule is CCOC(=O)c1c(NC(=O)/C=C/c2cc3cc(OC)ccc3o2)sc2c1CCC(CC)C2. The molecule has 1 aliphatic carbocycles. The summed E-state index contributed by atoms with van der Waals surface area (Å²) in [5.41, 5.74) is 2.26. The maximum absolute atomic E-state index is 12.7. The molecule has 6 nitrogen and oxygen atoms in total. The van der Waals surface area contributed by atoms with Crippen molar-refractivity contribution in [2.75, 3.05) is 19.0 Å². The number of hydrogen-bond donors (Lipinski definition) is 1. The standard InChI is InChI=1S/C25H27NO5S/c1-4-15-6-9-19-21(12-15)32-24(23(19)25(28)30-5-2)26-22(27)11-8-18-14-16-13-17(29-3)7-10-20(16)31-18/h7-8,10-11,13-15H,4-6,9,12H2,1-3H3,(H,26,27)/b11-8+. The monoisotopic (exact) mass is 453 g/mol. The van der Waals surface area contributed by atoms with Crippen LogP contribution in [0.5, 0.6) is 5.75 Å². The summed E-state index contributed by atoms with van der Waals surface area (Å²) in [6, 6.07) is 7.38. The Morgan fingerprint density at radius 2 is 2.12 bits per heavy atom. The molecule has 0 bridgehead atoms. The number of thiophene rings is 1. The molecule has 1 amide bonds. The van der Waals surface area contributed by atoms with Gasteiger partial charge in [-0.05, 0) is 68.0 Å². The summed E-state index contributed by atoms with van der Waals surface area (Å²) in [4.78, 5) is 26.5. The quantitative estimate of drug-likeness (QED) is 0.359. The Bertz CT molecular complexity index is 1170. The molecule has 1 atom stereocenters. The van der Waals surface area contributed by atoms with Gasteiger partial charge in [0.2, 0.25) is 5.91 Å². The fraction of sp³-hybridized carbons (Fsp3) is 0.360. The number of nitrogens with one attached hydrogen (secondary N) is 1. The van der Waals surface area contributed by atoms with Crippen LogP contribution in [0.15, 0.2) is 34.8 Å². The molecule has 4 rings (SSSR count). The van der Waals surface area contributed by atoms with Gasteiger partial charge in [-0.1, -0.05) is 13.3 Å². The highest BCUT2D eigenvalue weighted by Crippen LogP contribution is 2.40. The van der Waals surface area contributed by atoms with Gasteiger partial charge in [-0.25, -0.2) is 4.79 Å². The zero-order valence-corrected chi connectivity index (χ0v) is 19.3. The Labute approximate surface area is 191 Å². The number of fused-ring (bicyclic) bond motifs is 2. The maximum atomic E-state index is 12.7. The number of anilines is 1. The highest BCUT2D eigenvalue weighted by molar-refractivity contribution is 7.17. The van der Waals surface area contributed by atoms with E-state index in [0.29, 0.717) is 34.4 Å². The van der Waals surface area contributed by atoms with E-state index in [4.69, 9.17) is 13.9 Å². The predicted molar refractivity (Wildman–Crippen MR) is 127 cm³/mol. The zero-order valence-electron chi connectivity index (χ0n) is 18.5. The van der Waals surface area contributed by atoms with Gasteiger partial charge in [0.15, 0.2) is 0 Å². The summed E-state index contributed by atoms with van der Waals surface area (Å²) in [6.45, 7) is 4.27. The van der Waals surface area contributed by atoms with Gasteiger partial charge in [0.25, 0.3) is 0 Å². The molecule has 0 radical (unpaired) electrons. The number of furan rings is 1. The fourth-order valence-electron chi connectivity index (χ4n) is 4.07. The van der Waals surface area contributed by atoms with Gasteiger partial charge < -0.3 is 19.2 Å². The third-order valence-corrected chi connectivity index (χ3v) is 6.97. The molecule has 1 N–H and O–H groups in total. The van der Waals surface area contributed by atoms with E-state index in [0.717, 1.165) is 42.4 Å². The third-order valence-electron chi connectivity index (χ3n) is 5.80. The number of methoxy groups -OCH3 is 1. The van der Waals surface area contributed by atoms with Crippen LogP contribution >= 0.6 is 11.3 Å². The minimum Gasteiger partial charge on any atom is -0.497 e. The Hall–Kier alpha value is -3.06. The average molecular weight is 454 g/mol. The predicted octanol–water partition coefficient (Wildman–Crippen LogP) is 5.85. The Morgan fingerprint density at radius 1 is 1.28 bits per heavy atom. The lowest BCUT2D eigenvalue weighted by molar-refractivity contribution is -0.111. The number of esters is 1. The van der Waals surface area contributed by atoms with Crippen LogP contribution in [0.3, 0.4) is 0 Å². The molecule has 3 aromatic rings. The van der Waals surface area contributed by atoms with Crippen LogP contribution in [0, 0.1) is 5.92 Å². The summed E-state index contributed by atoms with van der Waals surface area (Å²) < 4.78 is 16.3. The van der Waals surface area contributed by atoms with E-state index in [-0.39, 0.29) is 11.9 Å². The van der Waals surface area contributed by atoms with Crippen LogP contribution in [-0.2, 0) is 22.4 Å². The summed E-state index contributed by atoms with van der Waals surface area (Å²) in [5, 5.41) is 4.35. The van der Waals surface area contributed by atoms with Gasteiger partial charge in [0.05, 0.1) is 19.3 Å². The van der Waals surface area contributed by atoms with Crippen LogP contribution < -0.4 is 10.1 Å². The Morgan fingerprint density at radius 3 is 2.88 bits per heavy atom. The van der Waals surface area contributed by atoms with Crippen molar-refractivity contribution in [3.8, 4) is 5.75 Å². The van der Waals surface area contributed by atoms with Gasteiger partial charge >= 0.3 is 5.97 Å². The summed E-state index contributed by atoms with van der Waals surface area (Å²) in [7, 11) is 1.61. The maximum Gasteiger partial charge on any atom is 0.341 e. The highest BCUT2D eigenvalue weighted by atomic mass is 32.1. The van der Waals surface area contributed by atoms with Crippen LogP contribution in [-0.4, -0.2) is 25.6 Å². The third kappa shape index (κ3) is 4.58. The van der Waals surface area contributed by atoms with Crippen molar-refractivity contribution in [2.24, 2.45) is 5.92 Å². The van der Waals surface area contributed by atoms with Gasteiger partial charge in [-0.2, -0.15) is 0 Å². The van der Waals surface area contributed by atoms with Crippen molar-refractivity contribution < 1.29 is 23.5 Å². The number of hydrogen-bond acceptors (Lipinski definition) is 6. The molecule has 32 heavy (non-hydrogen) atoms. The summed E-state index contributed by atoms with van der Waals surface area (Å²) in [6.07, 6.45) is 6.98. The van der Waals surface area contributed by atoms with Crippen molar-refractivity contribution in [3.63, 3.8) is 0 Å². The molecule has 1 aliphatic rings. The van der Waals surface area contributed by atoms with E-state index in [1.54, 1.807) is 20.1 Å². The van der Waals surface area contributed by atoms with E-state index >= 15 is 0 Å². The Kier molecular flexibility index (Phi) is 6.65. The van der Waals surface area contributed by atoms with Crippen LogP contribution in [0.4, 0.5) is 5.00 Å². The van der Waals surface area contributed by atoms with Gasteiger partial charge in [0.1, 0.15) is 22.1 Å². The molecular formula is C25H27NO5S. The summed E-state index contributed by atoms with van der Waals surface area (Å²) in [5.74, 6) is 1.23. The zero-order chi connectivity index (χ0) is 22.7. The first-order valence-electron chi connectivity index (χ1n) is 10.9. The van der Waals surface area contributed by atoms with Crippen LogP contribution in [0.1, 0.15) is 53.2 Å². The highest BCUT2D eigenvalue weighted by Gasteiger charge is 2.29. The fourth-order valence-corrected chi connectivity index (χ4v) is 5.43. The minimum atomic E-state index is -0.370. The van der Waals surface area contributed by atoms with E-state index in [1.807, 2.05) is 24.3 Å². The van der Waals surface area contributed by atoms with Crippen molar-refractivity contribution in [1.29, 1.82) is 0 Å². The normalized spacial score (nSPS) is 15.7. The second-order valence-corrected chi connectivity index (χ2v) is 8.93. The molecule has 0 aliphatic heterocycles. The van der Waals surface area contributed by atoms with Crippen molar-refractivity contribution in [3.05, 3.63) is 52.1 Å². The molecule has 1 aromatic carbocycles. The smallest absolute Gasteiger partial charge is 0.341 e. The van der Waals surface area contributed by atoms with Crippen molar-refractivity contribution in [1.82, 2.24) is 0 Å². The van der Waals surface area contributed by atoms with Gasteiger partial charge in [-0.3, -0.25) is 4.79 Å². The second kappa shape index (κ2) is 9.61. The van der Waals surface area contributed by atoms with Crippen molar-refractivity contribution in [2.45, 2.75) is 39.5 Å². The number of ether oxygens (including phenoxy) is 2. The number of carbonyl (C=O) groups excluding carboxylic acids is 2. The number of carbonyl (C=O) groups is 2. The lowest BCUT2D eigenvalue weighted by Crippen LogP contribution is -2.16.